The van der Waals surface area contributed by atoms with Crippen LogP contribution >= 0.6 is 0 Å². The Morgan fingerprint density at radius 2 is 1.73 bits per heavy atom. The number of carbonyl (C=O) groups is 3. The second kappa shape index (κ2) is 10.4. The van der Waals surface area contributed by atoms with Crippen molar-refractivity contribution in [1.29, 1.82) is 0 Å². The molecule has 0 aromatic heterocycles. The zero-order chi connectivity index (χ0) is 19.9. The zero-order valence-corrected chi connectivity index (χ0v) is 16.5. The van der Waals surface area contributed by atoms with Crippen molar-refractivity contribution in [2.75, 3.05) is 0 Å². The van der Waals surface area contributed by atoms with Gasteiger partial charge in [0.1, 0.15) is 11.9 Å². The minimum absolute atomic E-state index is 0.0229. The zero-order valence-electron chi connectivity index (χ0n) is 16.5. The normalized spacial score (nSPS) is 37.8. The molecular weight excluding hydrogens is 332 g/mol. The lowest BCUT2D eigenvalue weighted by Gasteiger charge is -2.24. The number of cyclic esters (lactones) is 1. The number of Topliss-reactive ketones (excluding diaryl/α,β-unsaturated/α-hetero) is 1. The summed E-state index contributed by atoms with van der Waals surface area (Å²) in [5.41, 5.74) is 0. The third-order valence-corrected chi connectivity index (χ3v) is 5.14. The number of ketones is 2. The van der Waals surface area contributed by atoms with E-state index >= 15 is 0 Å². The Kier molecular flexibility index (Phi) is 8.93. The Morgan fingerprint density at radius 3 is 2.35 bits per heavy atom. The topological polar surface area (TPSA) is 80.7 Å². The van der Waals surface area contributed by atoms with E-state index in [1.54, 1.807) is 32.9 Å². The Morgan fingerprint density at radius 1 is 1.08 bits per heavy atom. The Balaban J connectivity index is 3.06. The van der Waals surface area contributed by atoms with Gasteiger partial charge in [-0.1, -0.05) is 52.8 Å². The molecule has 26 heavy (non-hydrogen) atoms. The molecule has 0 unspecified atom stereocenters. The van der Waals surface area contributed by atoms with Gasteiger partial charge in [-0.25, -0.2) is 0 Å². The van der Waals surface area contributed by atoms with Crippen molar-refractivity contribution in [2.45, 2.75) is 66.1 Å². The molecule has 0 aromatic carbocycles. The van der Waals surface area contributed by atoms with Gasteiger partial charge in [-0.3, -0.25) is 14.4 Å². The number of esters is 1. The summed E-state index contributed by atoms with van der Waals surface area (Å²) in [6.45, 7) is 9.04. The second-order valence-corrected chi connectivity index (χ2v) is 7.44. The summed E-state index contributed by atoms with van der Waals surface area (Å²) in [4.78, 5) is 36.9. The maximum atomic E-state index is 12.5. The van der Waals surface area contributed by atoms with Crippen molar-refractivity contribution in [3.05, 3.63) is 24.3 Å². The number of allylic oxidation sites excluding steroid dienone is 3. The van der Waals surface area contributed by atoms with Crippen molar-refractivity contribution < 1.29 is 24.2 Å². The summed E-state index contributed by atoms with van der Waals surface area (Å²) < 4.78 is 5.48. The summed E-state index contributed by atoms with van der Waals surface area (Å²) >= 11 is 0. The smallest absolute Gasteiger partial charge is 0.308 e. The first-order chi connectivity index (χ1) is 12.2. The fraction of sp³-hybridized carbons (Fsp3) is 0.667. The molecule has 6 atom stereocenters. The highest BCUT2D eigenvalue weighted by Gasteiger charge is 2.30. The average Bonchev–Trinajstić information content (AvgIpc) is 2.60. The molecule has 1 heterocycles. The van der Waals surface area contributed by atoms with Crippen LogP contribution in [-0.4, -0.2) is 34.9 Å². The van der Waals surface area contributed by atoms with E-state index in [-0.39, 0.29) is 41.8 Å². The fourth-order valence-corrected chi connectivity index (χ4v) is 3.21. The molecular formula is C21H32O5. The van der Waals surface area contributed by atoms with Crippen LogP contribution in [0.4, 0.5) is 0 Å². The van der Waals surface area contributed by atoms with Crippen LogP contribution in [-0.2, 0) is 19.1 Å². The van der Waals surface area contributed by atoms with Crippen molar-refractivity contribution in [3.63, 3.8) is 0 Å². The average molecular weight is 364 g/mol. The SMILES string of the molecule is CC[C@H]1OC(=O)C[C@H](O)[C@H](C)C(=O)[C@@H](C)C[C@@H](C)C(=O)/C=C/C=C/[C@@H]1C. The highest BCUT2D eigenvalue weighted by Crippen LogP contribution is 2.22. The van der Waals surface area contributed by atoms with Crippen LogP contribution in [0.2, 0.25) is 0 Å². The van der Waals surface area contributed by atoms with Gasteiger partial charge in [-0.15, -0.1) is 0 Å². The monoisotopic (exact) mass is 364 g/mol. The third kappa shape index (κ3) is 6.52. The summed E-state index contributed by atoms with van der Waals surface area (Å²) in [5, 5.41) is 10.3. The largest absolute Gasteiger partial charge is 0.462 e. The van der Waals surface area contributed by atoms with Gasteiger partial charge in [-0.2, -0.15) is 0 Å². The molecule has 5 heteroatoms. The van der Waals surface area contributed by atoms with Crippen molar-refractivity contribution in [2.24, 2.45) is 23.7 Å². The molecule has 1 aliphatic rings. The standard InChI is InChI=1S/C21H32O5/c1-6-19-13(2)9-7-8-10-17(22)14(3)11-15(4)21(25)16(5)18(23)12-20(24)26-19/h7-10,13-16,18-19,23H,6,11-12H2,1-5H3/b9-7+,10-8+/t13-,14+,15-,16-,18-,19+/m0/s1. The summed E-state index contributed by atoms with van der Waals surface area (Å²) in [6, 6.07) is 0. The van der Waals surface area contributed by atoms with E-state index in [4.69, 9.17) is 4.74 Å². The van der Waals surface area contributed by atoms with Crippen molar-refractivity contribution >= 4 is 17.5 Å². The number of carbonyl (C=O) groups excluding carboxylic acids is 3. The van der Waals surface area contributed by atoms with Gasteiger partial charge >= 0.3 is 5.97 Å². The summed E-state index contributed by atoms with van der Waals surface area (Å²) in [5.74, 6) is -2.01. The van der Waals surface area contributed by atoms with Crippen LogP contribution in [0, 0.1) is 23.7 Å². The van der Waals surface area contributed by atoms with Gasteiger partial charge in [0.05, 0.1) is 12.5 Å². The van der Waals surface area contributed by atoms with E-state index in [0.29, 0.717) is 12.8 Å². The first kappa shape index (κ1) is 22.3. The molecule has 0 fully saturated rings. The molecule has 5 nitrogen and oxygen atoms in total. The molecule has 0 bridgehead atoms. The van der Waals surface area contributed by atoms with E-state index in [1.165, 1.54) is 6.08 Å². The highest BCUT2D eigenvalue weighted by atomic mass is 16.5. The van der Waals surface area contributed by atoms with E-state index in [1.807, 2.05) is 19.9 Å². The molecule has 0 aromatic rings. The van der Waals surface area contributed by atoms with E-state index in [9.17, 15) is 19.5 Å². The number of aliphatic hydroxyl groups excluding tert-OH is 1. The third-order valence-electron chi connectivity index (χ3n) is 5.14. The molecule has 1 aliphatic heterocycles. The molecule has 0 amide bonds. The lowest BCUT2D eigenvalue weighted by Crippen LogP contribution is -2.34. The molecule has 146 valence electrons. The van der Waals surface area contributed by atoms with Gasteiger partial charge in [0.25, 0.3) is 0 Å². The number of hydrogen-bond acceptors (Lipinski definition) is 5. The summed E-state index contributed by atoms with van der Waals surface area (Å²) in [6.07, 6.45) is 6.33. The highest BCUT2D eigenvalue weighted by molar-refractivity contribution is 5.92. The van der Waals surface area contributed by atoms with Gasteiger partial charge in [0.15, 0.2) is 5.78 Å². The number of ether oxygens (including phenoxy) is 1. The van der Waals surface area contributed by atoms with Gasteiger partial charge in [0.2, 0.25) is 0 Å². The maximum Gasteiger partial charge on any atom is 0.308 e. The predicted molar refractivity (Wildman–Crippen MR) is 100 cm³/mol. The quantitative estimate of drug-likeness (QED) is 0.722. The lowest BCUT2D eigenvalue weighted by atomic mass is 9.84. The second-order valence-electron chi connectivity index (χ2n) is 7.44. The van der Waals surface area contributed by atoms with Gasteiger partial charge in [0, 0.05) is 23.7 Å². The van der Waals surface area contributed by atoms with Crippen LogP contribution in [0.1, 0.15) is 53.9 Å². The Hall–Kier alpha value is -1.75. The van der Waals surface area contributed by atoms with Crippen LogP contribution in [0.5, 0.6) is 0 Å². The Bertz CT molecular complexity index is 563. The fourth-order valence-electron chi connectivity index (χ4n) is 3.21. The van der Waals surface area contributed by atoms with E-state index in [0.717, 1.165) is 0 Å². The molecule has 1 N–H and O–H groups in total. The minimum Gasteiger partial charge on any atom is -0.462 e. The van der Waals surface area contributed by atoms with Crippen LogP contribution in [0.25, 0.3) is 0 Å². The number of aliphatic hydroxyl groups is 1. The molecule has 0 radical (unpaired) electrons. The van der Waals surface area contributed by atoms with E-state index in [2.05, 4.69) is 0 Å². The van der Waals surface area contributed by atoms with Gasteiger partial charge < -0.3 is 9.84 Å². The number of hydrogen-bond donors (Lipinski definition) is 1. The van der Waals surface area contributed by atoms with Crippen LogP contribution in [0.15, 0.2) is 24.3 Å². The molecule has 0 saturated heterocycles. The molecule has 0 spiro atoms. The first-order valence-corrected chi connectivity index (χ1v) is 9.47. The predicted octanol–water partition coefficient (Wildman–Crippen LogP) is 3.26. The Labute approximate surface area is 156 Å². The van der Waals surface area contributed by atoms with Gasteiger partial charge in [-0.05, 0) is 18.9 Å². The maximum absolute atomic E-state index is 12.5. The van der Waals surface area contributed by atoms with Crippen LogP contribution < -0.4 is 0 Å². The lowest BCUT2D eigenvalue weighted by molar-refractivity contribution is -0.154. The first-order valence-electron chi connectivity index (χ1n) is 9.47. The molecule has 1 rings (SSSR count). The molecule has 0 aliphatic carbocycles. The number of rotatable bonds is 1. The van der Waals surface area contributed by atoms with E-state index < -0.39 is 18.0 Å². The van der Waals surface area contributed by atoms with Crippen molar-refractivity contribution in [3.8, 4) is 0 Å². The summed E-state index contributed by atoms with van der Waals surface area (Å²) in [7, 11) is 0. The van der Waals surface area contributed by atoms with Crippen LogP contribution in [0.3, 0.4) is 0 Å². The van der Waals surface area contributed by atoms with Crippen molar-refractivity contribution in [1.82, 2.24) is 0 Å². The molecule has 0 saturated carbocycles. The minimum atomic E-state index is -1.08.